The second-order valence-electron chi connectivity index (χ2n) is 5.22. The molecule has 0 aliphatic carbocycles. The number of ether oxygens (including phenoxy) is 2. The molecule has 18 heavy (non-hydrogen) atoms. The Morgan fingerprint density at radius 2 is 2.17 bits per heavy atom. The largest absolute Gasteiger partial charge is 0.381 e. The van der Waals surface area contributed by atoms with E-state index in [0.29, 0.717) is 26.1 Å². The van der Waals surface area contributed by atoms with Gasteiger partial charge >= 0.3 is 0 Å². The van der Waals surface area contributed by atoms with Crippen molar-refractivity contribution in [3.63, 3.8) is 0 Å². The number of nitrogens with one attached hydrogen (secondary N) is 1. The van der Waals surface area contributed by atoms with Crippen LogP contribution < -0.4 is 11.1 Å². The smallest absolute Gasteiger partial charge is 0.222 e. The molecule has 1 heterocycles. The van der Waals surface area contributed by atoms with E-state index in [-0.39, 0.29) is 17.4 Å². The van der Waals surface area contributed by atoms with Crippen LogP contribution in [0.3, 0.4) is 0 Å². The summed E-state index contributed by atoms with van der Waals surface area (Å²) in [5, 5.41) is 2.99. The molecule has 0 saturated carbocycles. The first-order chi connectivity index (χ1) is 8.59. The molecule has 106 valence electrons. The fraction of sp³-hybridized carbons (Fsp3) is 0.923. The molecule has 1 saturated heterocycles. The Bertz CT molecular complexity index is 253. The molecule has 0 bridgehead atoms. The van der Waals surface area contributed by atoms with Gasteiger partial charge in [0.05, 0.1) is 12.5 Å². The Kier molecular flexibility index (Phi) is 6.60. The van der Waals surface area contributed by atoms with Crippen molar-refractivity contribution in [1.82, 2.24) is 5.32 Å². The molecule has 0 spiro atoms. The Balaban J connectivity index is 2.27. The van der Waals surface area contributed by atoms with E-state index >= 15 is 0 Å². The second-order valence-corrected chi connectivity index (χ2v) is 5.22. The van der Waals surface area contributed by atoms with Gasteiger partial charge in [-0.15, -0.1) is 0 Å². The van der Waals surface area contributed by atoms with Gasteiger partial charge in [-0.2, -0.15) is 0 Å². The molecule has 1 aliphatic rings. The van der Waals surface area contributed by atoms with Crippen LogP contribution >= 0.6 is 0 Å². The maximum absolute atomic E-state index is 11.8. The van der Waals surface area contributed by atoms with Crippen LogP contribution in [0.1, 0.15) is 33.1 Å². The molecule has 5 nitrogen and oxygen atoms in total. The molecule has 0 aromatic heterocycles. The number of carbonyl (C=O) groups is 1. The minimum absolute atomic E-state index is 0.0200. The third kappa shape index (κ3) is 5.33. The minimum atomic E-state index is -0.169. The third-order valence-corrected chi connectivity index (χ3v) is 3.49. The standard InChI is InChI=1S/C13H26N2O3/c1-3-18-11(9-14)8-12(16)15-10-13(2)4-6-17-7-5-13/h11H,3-10,14H2,1-2H3,(H,15,16). The summed E-state index contributed by atoms with van der Waals surface area (Å²) in [6, 6.07) is 0. The summed E-state index contributed by atoms with van der Waals surface area (Å²) in [4.78, 5) is 11.8. The highest BCUT2D eigenvalue weighted by Gasteiger charge is 2.27. The number of nitrogens with two attached hydrogens (primary N) is 1. The molecule has 0 aromatic carbocycles. The zero-order valence-corrected chi connectivity index (χ0v) is 11.5. The van der Waals surface area contributed by atoms with E-state index in [1.165, 1.54) is 0 Å². The van der Waals surface area contributed by atoms with E-state index in [2.05, 4.69) is 12.2 Å². The number of hydrogen-bond acceptors (Lipinski definition) is 4. The molecule has 0 aromatic rings. The summed E-state index contributed by atoms with van der Waals surface area (Å²) in [6.07, 6.45) is 2.17. The summed E-state index contributed by atoms with van der Waals surface area (Å²) < 4.78 is 10.7. The Morgan fingerprint density at radius 3 is 2.72 bits per heavy atom. The van der Waals surface area contributed by atoms with Crippen molar-refractivity contribution in [1.29, 1.82) is 0 Å². The van der Waals surface area contributed by atoms with E-state index in [0.717, 1.165) is 26.1 Å². The van der Waals surface area contributed by atoms with Crippen LogP contribution in [0.25, 0.3) is 0 Å². The molecular weight excluding hydrogens is 232 g/mol. The maximum atomic E-state index is 11.8. The summed E-state index contributed by atoms with van der Waals surface area (Å²) >= 11 is 0. The van der Waals surface area contributed by atoms with Gasteiger partial charge in [0, 0.05) is 32.9 Å². The van der Waals surface area contributed by atoms with E-state index in [9.17, 15) is 4.79 Å². The van der Waals surface area contributed by atoms with Crippen LogP contribution in [0.2, 0.25) is 0 Å². The summed E-state index contributed by atoms with van der Waals surface area (Å²) in [5.74, 6) is 0.0200. The molecule has 1 rings (SSSR count). The first kappa shape index (κ1) is 15.4. The van der Waals surface area contributed by atoms with Gasteiger partial charge in [-0.05, 0) is 25.2 Å². The molecule has 0 radical (unpaired) electrons. The topological polar surface area (TPSA) is 73.6 Å². The Labute approximate surface area is 109 Å². The lowest BCUT2D eigenvalue weighted by Crippen LogP contribution is -2.41. The fourth-order valence-corrected chi connectivity index (χ4v) is 2.08. The van der Waals surface area contributed by atoms with Gasteiger partial charge in [0.15, 0.2) is 0 Å². The third-order valence-electron chi connectivity index (χ3n) is 3.49. The zero-order chi connectivity index (χ0) is 13.4. The van der Waals surface area contributed by atoms with Crippen LogP contribution in [0.5, 0.6) is 0 Å². The molecule has 1 aliphatic heterocycles. The van der Waals surface area contributed by atoms with Crippen molar-refractivity contribution in [3.05, 3.63) is 0 Å². The van der Waals surface area contributed by atoms with Gasteiger partial charge in [-0.3, -0.25) is 4.79 Å². The first-order valence-electron chi connectivity index (χ1n) is 6.76. The summed E-state index contributed by atoms with van der Waals surface area (Å²) in [5.41, 5.74) is 5.71. The van der Waals surface area contributed by atoms with Gasteiger partial charge in [-0.25, -0.2) is 0 Å². The van der Waals surface area contributed by atoms with E-state index in [1.807, 2.05) is 6.92 Å². The Hall–Kier alpha value is -0.650. The highest BCUT2D eigenvalue weighted by molar-refractivity contribution is 5.76. The number of hydrogen-bond donors (Lipinski definition) is 2. The van der Waals surface area contributed by atoms with Crippen LogP contribution in [-0.4, -0.2) is 44.9 Å². The monoisotopic (exact) mass is 258 g/mol. The molecular formula is C13H26N2O3. The van der Waals surface area contributed by atoms with Gasteiger partial charge in [0.25, 0.3) is 0 Å². The van der Waals surface area contributed by atoms with Gasteiger partial charge < -0.3 is 20.5 Å². The molecule has 1 unspecified atom stereocenters. The first-order valence-corrected chi connectivity index (χ1v) is 6.76. The molecule has 1 fully saturated rings. The SMILES string of the molecule is CCOC(CN)CC(=O)NCC1(C)CCOCC1. The highest BCUT2D eigenvalue weighted by atomic mass is 16.5. The maximum Gasteiger partial charge on any atom is 0.222 e. The fourth-order valence-electron chi connectivity index (χ4n) is 2.08. The summed E-state index contributed by atoms with van der Waals surface area (Å²) in [7, 11) is 0. The average Bonchev–Trinajstić information content (AvgIpc) is 2.37. The minimum Gasteiger partial charge on any atom is -0.381 e. The van der Waals surface area contributed by atoms with E-state index in [1.54, 1.807) is 0 Å². The van der Waals surface area contributed by atoms with Gasteiger partial charge in [0.2, 0.25) is 5.91 Å². The van der Waals surface area contributed by atoms with Crippen molar-refractivity contribution < 1.29 is 14.3 Å². The van der Waals surface area contributed by atoms with Crippen molar-refractivity contribution in [2.24, 2.45) is 11.1 Å². The van der Waals surface area contributed by atoms with Crippen LogP contribution in [-0.2, 0) is 14.3 Å². The zero-order valence-electron chi connectivity index (χ0n) is 11.5. The molecule has 3 N–H and O–H groups in total. The molecule has 1 amide bonds. The highest BCUT2D eigenvalue weighted by Crippen LogP contribution is 2.28. The average molecular weight is 258 g/mol. The van der Waals surface area contributed by atoms with E-state index < -0.39 is 0 Å². The normalized spacial score (nSPS) is 20.4. The lowest BCUT2D eigenvalue weighted by atomic mass is 9.82. The van der Waals surface area contributed by atoms with Crippen molar-refractivity contribution >= 4 is 5.91 Å². The molecule has 5 heteroatoms. The van der Waals surface area contributed by atoms with Crippen molar-refractivity contribution in [2.75, 3.05) is 32.9 Å². The van der Waals surface area contributed by atoms with Crippen LogP contribution in [0.15, 0.2) is 0 Å². The predicted molar refractivity (Wildman–Crippen MR) is 70.3 cm³/mol. The van der Waals surface area contributed by atoms with Gasteiger partial charge in [-0.1, -0.05) is 6.92 Å². The van der Waals surface area contributed by atoms with Crippen LogP contribution in [0, 0.1) is 5.41 Å². The quantitative estimate of drug-likeness (QED) is 0.704. The summed E-state index contributed by atoms with van der Waals surface area (Å²) in [6.45, 7) is 7.35. The second kappa shape index (κ2) is 7.71. The van der Waals surface area contributed by atoms with Crippen molar-refractivity contribution in [2.45, 2.75) is 39.2 Å². The predicted octanol–water partition coefficient (Wildman–Crippen LogP) is 0.673. The number of amides is 1. The number of rotatable bonds is 7. The molecule has 1 atom stereocenters. The lowest BCUT2D eigenvalue weighted by Gasteiger charge is -2.33. The Morgan fingerprint density at radius 1 is 1.50 bits per heavy atom. The van der Waals surface area contributed by atoms with Crippen LogP contribution in [0.4, 0.5) is 0 Å². The van der Waals surface area contributed by atoms with Gasteiger partial charge in [0.1, 0.15) is 0 Å². The van der Waals surface area contributed by atoms with Crippen molar-refractivity contribution in [3.8, 4) is 0 Å². The van der Waals surface area contributed by atoms with E-state index in [4.69, 9.17) is 15.2 Å². The lowest BCUT2D eigenvalue weighted by molar-refractivity contribution is -0.124. The number of carbonyl (C=O) groups excluding carboxylic acids is 1.